The molecule has 1 saturated carbocycles. The minimum absolute atomic E-state index is 0.267. The quantitative estimate of drug-likeness (QED) is 0.792. The van der Waals surface area contributed by atoms with E-state index in [9.17, 15) is 4.79 Å². The molecule has 1 aromatic heterocycles. The van der Waals surface area contributed by atoms with E-state index in [-0.39, 0.29) is 5.97 Å². The van der Waals surface area contributed by atoms with Gasteiger partial charge in [-0.25, -0.2) is 9.78 Å². The van der Waals surface area contributed by atoms with Crippen LogP contribution in [0.5, 0.6) is 5.75 Å². The van der Waals surface area contributed by atoms with Crippen LogP contribution in [0, 0.1) is 0 Å². The molecule has 5 nitrogen and oxygen atoms in total. The summed E-state index contributed by atoms with van der Waals surface area (Å²) < 4.78 is 10.5. The highest BCUT2D eigenvalue weighted by Crippen LogP contribution is 2.35. The molecule has 142 valence electrons. The number of carbonyl (C=O) groups is 1. The summed E-state index contributed by atoms with van der Waals surface area (Å²) >= 11 is 0. The van der Waals surface area contributed by atoms with Gasteiger partial charge in [0.05, 0.1) is 13.7 Å². The van der Waals surface area contributed by atoms with Gasteiger partial charge >= 0.3 is 5.97 Å². The summed E-state index contributed by atoms with van der Waals surface area (Å²) in [5.41, 5.74) is 3.91. The van der Waals surface area contributed by atoms with Crippen LogP contribution in [0.15, 0.2) is 30.3 Å². The summed E-state index contributed by atoms with van der Waals surface area (Å²) in [6, 6.07) is 10.0. The Morgan fingerprint density at radius 1 is 1.19 bits per heavy atom. The molecule has 0 amide bonds. The van der Waals surface area contributed by atoms with Crippen molar-refractivity contribution < 1.29 is 14.3 Å². The Hall–Kier alpha value is -2.56. The predicted octanol–water partition coefficient (Wildman–Crippen LogP) is 4.46. The Balaban J connectivity index is 1.61. The number of methoxy groups -OCH3 is 1. The van der Waals surface area contributed by atoms with Crippen LogP contribution in [0.2, 0.25) is 0 Å². The molecular formula is C22H26N2O3. The van der Waals surface area contributed by atoms with Crippen LogP contribution in [0.1, 0.15) is 65.2 Å². The molecule has 0 saturated heterocycles. The van der Waals surface area contributed by atoms with Crippen LogP contribution >= 0.6 is 0 Å². The fourth-order valence-electron chi connectivity index (χ4n) is 4.04. The number of cyclic esters (lactones) is 1. The summed E-state index contributed by atoms with van der Waals surface area (Å²) in [5.74, 6) is 1.73. The Morgan fingerprint density at radius 2 is 1.96 bits per heavy atom. The maximum absolute atomic E-state index is 12.4. The molecule has 2 heterocycles. The second-order valence-corrected chi connectivity index (χ2v) is 7.35. The number of anilines is 1. The fourth-order valence-corrected chi connectivity index (χ4v) is 4.04. The van der Waals surface area contributed by atoms with Crippen molar-refractivity contribution in [2.75, 3.05) is 19.0 Å². The first-order valence-corrected chi connectivity index (χ1v) is 9.82. The number of rotatable bonds is 5. The minimum Gasteiger partial charge on any atom is -0.497 e. The van der Waals surface area contributed by atoms with Gasteiger partial charge in [0.2, 0.25) is 0 Å². The predicted molar refractivity (Wildman–Crippen MR) is 104 cm³/mol. The van der Waals surface area contributed by atoms with Gasteiger partial charge in [0.1, 0.15) is 17.1 Å². The largest absolute Gasteiger partial charge is 0.497 e. The van der Waals surface area contributed by atoms with E-state index in [2.05, 4.69) is 11.4 Å². The first kappa shape index (κ1) is 17.8. The first-order chi connectivity index (χ1) is 13.2. The molecule has 27 heavy (non-hydrogen) atoms. The molecule has 1 fully saturated rings. The molecule has 1 aliphatic carbocycles. The van der Waals surface area contributed by atoms with Gasteiger partial charge in [-0.15, -0.1) is 0 Å². The molecule has 1 aromatic carbocycles. The number of benzene rings is 1. The topological polar surface area (TPSA) is 60.5 Å². The summed E-state index contributed by atoms with van der Waals surface area (Å²) in [6.07, 6.45) is 6.99. The molecule has 0 bridgehead atoms. The van der Waals surface area contributed by atoms with E-state index in [1.54, 1.807) is 7.11 Å². The number of aromatic nitrogens is 1. The molecule has 1 N–H and O–H groups in total. The number of nitrogens with one attached hydrogen (secondary N) is 1. The molecule has 4 rings (SSSR count). The molecule has 0 unspecified atom stereocenters. The number of carbonyl (C=O) groups excluding carboxylic acids is 1. The summed E-state index contributed by atoms with van der Waals surface area (Å²) in [6.45, 7) is 1.06. The lowest BCUT2D eigenvalue weighted by Crippen LogP contribution is -2.22. The number of ether oxygens (including phenoxy) is 2. The number of hydrogen-bond donors (Lipinski definition) is 1. The van der Waals surface area contributed by atoms with Crippen molar-refractivity contribution in [3.05, 3.63) is 52.7 Å². The van der Waals surface area contributed by atoms with Gasteiger partial charge in [-0.3, -0.25) is 0 Å². The summed E-state index contributed by atoms with van der Waals surface area (Å²) in [7, 11) is 1.66. The highest BCUT2D eigenvalue weighted by atomic mass is 16.5. The average molecular weight is 366 g/mol. The van der Waals surface area contributed by atoms with E-state index >= 15 is 0 Å². The average Bonchev–Trinajstić information content (AvgIpc) is 2.73. The van der Waals surface area contributed by atoms with Crippen molar-refractivity contribution in [3.63, 3.8) is 0 Å². The van der Waals surface area contributed by atoms with Crippen LogP contribution in [0.3, 0.4) is 0 Å². The van der Waals surface area contributed by atoms with Gasteiger partial charge in [-0.2, -0.15) is 0 Å². The van der Waals surface area contributed by atoms with Gasteiger partial charge in [0, 0.05) is 24.6 Å². The van der Waals surface area contributed by atoms with Gasteiger partial charge in [0.15, 0.2) is 0 Å². The molecule has 0 atom stereocenters. The minimum atomic E-state index is -0.267. The van der Waals surface area contributed by atoms with Crippen LogP contribution < -0.4 is 10.1 Å². The number of nitrogens with zero attached hydrogens (tertiary/aromatic N) is 1. The third kappa shape index (κ3) is 3.92. The summed E-state index contributed by atoms with van der Waals surface area (Å²) in [5, 5.41) is 3.38. The van der Waals surface area contributed by atoms with Crippen molar-refractivity contribution in [2.24, 2.45) is 0 Å². The van der Waals surface area contributed by atoms with Gasteiger partial charge < -0.3 is 14.8 Å². The zero-order valence-electron chi connectivity index (χ0n) is 15.8. The molecule has 0 radical (unpaired) electrons. The van der Waals surface area contributed by atoms with Crippen LogP contribution in [0.25, 0.3) is 0 Å². The zero-order valence-corrected chi connectivity index (χ0v) is 15.8. The van der Waals surface area contributed by atoms with Crippen molar-refractivity contribution in [2.45, 2.75) is 51.0 Å². The number of pyridine rings is 1. The molecule has 0 spiro atoms. The van der Waals surface area contributed by atoms with Gasteiger partial charge in [0.25, 0.3) is 0 Å². The molecular weight excluding hydrogens is 340 g/mol. The maximum Gasteiger partial charge on any atom is 0.342 e. The van der Waals surface area contributed by atoms with Crippen LogP contribution in [0.4, 0.5) is 5.82 Å². The third-order valence-corrected chi connectivity index (χ3v) is 5.57. The van der Waals surface area contributed by atoms with Crippen molar-refractivity contribution >= 4 is 11.8 Å². The van der Waals surface area contributed by atoms with E-state index < -0.39 is 0 Å². The number of fused-ring (bicyclic) bond motifs is 1. The smallest absolute Gasteiger partial charge is 0.342 e. The highest BCUT2D eigenvalue weighted by molar-refractivity contribution is 5.97. The first-order valence-electron chi connectivity index (χ1n) is 9.82. The van der Waals surface area contributed by atoms with E-state index in [1.165, 1.54) is 32.1 Å². The zero-order chi connectivity index (χ0) is 18.6. The van der Waals surface area contributed by atoms with Crippen LogP contribution in [-0.2, 0) is 17.7 Å². The van der Waals surface area contributed by atoms with Gasteiger partial charge in [-0.05, 0) is 42.2 Å². The Bertz CT molecular complexity index is 811. The molecule has 2 aromatic rings. The van der Waals surface area contributed by atoms with E-state index in [0.29, 0.717) is 30.5 Å². The standard InChI is InChI=1S/C22H26N2O3/c1-26-18-9-7-15(8-10-18)14-23-21-20-17(11-12-27-22(20)25)13-19(24-21)16-5-3-2-4-6-16/h7-10,13,16H,2-6,11-12,14H2,1H3,(H,23,24). The van der Waals surface area contributed by atoms with Crippen LogP contribution in [-0.4, -0.2) is 24.7 Å². The Morgan fingerprint density at radius 3 is 2.70 bits per heavy atom. The Labute approximate surface area is 160 Å². The maximum atomic E-state index is 12.4. The van der Waals surface area contributed by atoms with E-state index in [0.717, 1.165) is 29.0 Å². The second kappa shape index (κ2) is 7.99. The number of esters is 1. The van der Waals surface area contributed by atoms with Crippen molar-refractivity contribution in [3.8, 4) is 5.75 Å². The monoisotopic (exact) mass is 366 g/mol. The number of hydrogen-bond acceptors (Lipinski definition) is 5. The Kier molecular flexibility index (Phi) is 5.28. The molecule has 2 aliphatic rings. The van der Waals surface area contributed by atoms with Crippen molar-refractivity contribution in [1.82, 2.24) is 4.98 Å². The van der Waals surface area contributed by atoms with Crippen molar-refractivity contribution in [1.29, 1.82) is 0 Å². The SMILES string of the molecule is COc1ccc(CNc2nc(C3CCCCC3)cc3c2C(=O)OCC3)cc1. The molecule has 1 aliphatic heterocycles. The molecule has 5 heteroatoms. The normalized spacial score (nSPS) is 17.1. The van der Waals surface area contributed by atoms with E-state index in [4.69, 9.17) is 14.5 Å². The third-order valence-electron chi connectivity index (χ3n) is 5.57. The highest BCUT2D eigenvalue weighted by Gasteiger charge is 2.27. The lowest BCUT2D eigenvalue weighted by Gasteiger charge is -2.25. The van der Waals surface area contributed by atoms with E-state index in [1.807, 2.05) is 24.3 Å². The second-order valence-electron chi connectivity index (χ2n) is 7.35. The van der Waals surface area contributed by atoms with Gasteiger partial charge in [-0.1, -0.05) is 31.4 Å². The summed E-state index contributed by atoms with van der Waals surface area (Å²) in [4.78, 5) is 17.2. The fraction of sp³-hybridized carbons (Fsp3) is 0.455. The lowest BCUT2D eigenvalue weighted by atomic mass is 9.85. The lowest BCUT2D eigenvalue weighted by molar-refractivity contribution is 0.0481.